The fraction of sp³-hybridized carbons (Fsp3) is 0.182. The summed E-state index contributed by atoms with van der Waals surface area (Å²) in [5, 5.41) is 3.90. The molecule has 0 saturated carbocycles. The Balaban J connectivity index is 1.90. The Hall–Kier alpha value is -2.54. The Kier molecular flexibility index (Phi) is 2.40. The third kappa shape index (κ3) is 1.62. The lowest BCUT2D eigenvalue weighted by Gasteiger charge is -2.24. The maximum atomic E-state index is 3.58. The molecular weight excluding hydrogens is 278 g/mol. The lowest BCUT2D eigenvalue weighted by molar-refractivity contribution is 0.629. The molecule has 0 aliphatic heterocycles. The van der Waals surface area contributed by atoms with Gasteiger partial charge >= 0.3 is 0 Å². The third-order valence-corrected chi connectivity index (χ3v) is 5.55. The van der Waals surface area contributed by atoms with Crippen LogP contribution in [0.2, 0.25) is 0 Å². The van der Waals surface area contributed by atoms with Crippen LogP contribution >= 0.6 is 0 Å². The SMILES string of the molecule is CC1(C)C2=C(C=c3c([nH]c4ccccc34)=CC2)c2ccccc21. The highest BCUT2D eigenvalue weighted by molar-refractivity contribution is 5.99. The van der Waals surface area contributed by atoms with Crippen LogP contribution in [0.25, 0.3) is 28.6 Å². The van der Waals surface area contributed by atoms with Gasteiger partial charge < -0.3 is 4.98 Å². The molecule has 0 unspecified atom stereocenters. The van der Waals surface area contributed by atoms with Crippen molar-refractivity contribution in [3.8, 4) is 0 Å². The van der Waals surface area contributed by atoms with E-state index in [-0.39, 0.29) is 5.41 Å². The molecule has 1 nitrogen and oxygen atoms in total. The minimum absolute atomic E-state index is 0.109. The second kappa shape index (κ2) is 4.26. The van der Waals surface area contributed by atoms with Gasteiger partial charge in [-0.25, -0.2) is 0 Å². The predicted octanol–water partition coefficient (Wildman–Crippen LogP) is 3.88. The fourth-order valence-corrected chi connectivity index (χ4v) is 4.30. The average molecular weight is 297 g/mol. The molecule has 23 heavy (non-hydrogen) atoms. The van der Waals surface area contributed by atoms with Gasteiger partial charge in [0.1, 0.15) is 0 Å². The number of H-pyrrole nitrogens is 1. The molecule has 1 aromatic heterocycles. The van der Waals surface area contributed by atoms with Crippen LogP contribution in [0, 0.1) is 0 Å². The first-order valence-electron chi connectivity index (χ1n) is 8.28. The zero-order valence-corrected chi connectivity index (χ0v) is 13.5. The van der Waals surface area contributed by atoms with E-state index in [4.69, 9.17) is 0 Å². The maximum Gasteiger partial charge on any atom is 0.0464 e. The van der Waals surface area contributed by atoms with Gasteiger partial charge in [0.2, 0.25) is 0 Å². The summed E-state index contributed by atoms with van der Waals surface area (Å²) in [7, 11) is 0. The molecule has 0 fully saturated rings. The van der Waals surface area contributed by atoms with E-state index in [1.54, 1.807) is 0 Å². The second-order valence-electron chi connectivity index (χ2n) is 7.11. The summed E-state index contributed by atoms with van der Waals surface area (Å²) in [6.07, 6.45) is 5.77. The average Bonchev–Trinajstić information content (AvgIpc) is 2.92. The molecule has 2 aliphatic rings. The van der Waals surface area contributed by atoms with E-state index >= 15 is 0 Å². The number of fused-ring (bicyclic) bond motifs is 5. The first kappa shape index (κ1) is 13.0. The molecule has 0 bridgehead atoms. The number of hydrogen-bond donors (Lipinski definition) is 1. The van der Waals surface area contributed by atoms with Crippen molar-refractivity contribution in [2.24, 2.45) is 0 Å². The maximum absolute atomic E-state index is 3.58. The van der Waals surface area contributed by atoms with Crippen molar-refractivity contribution in [3.05, 3.63) is 75.8 Å². The first-order chi connectivity index (χ1) is 11.2. The second-order valence-corrected chi connectivity index (χ2v) is 7.11. The van der Waals surface area contributed by atoms with Crippen molar-refractivity contribution in [3.63, 3.8) is 0 Å². The van der Waals surface area contributed by atoms with Crippen LogP contribution in [0.3, 0.4) is 0 Å². The van der Waals surface area contributed by atoms with E-state index in [0.717, 1.165) is 6.42 Å². The molecule has 0 spiro atoms. The summed E-state index contributed by atoms with van der Waals surface area (Å²) >= 11 is 0. The van der Waals surface area contributed by atoms with Crippen molar-refractivity contribution < 1.29 is 0 Å². The van der Waals surface area contributed by atoms with Crippen molar-refractivity contribution in [2.45, 2.75) is 25.7 Å². The highest BCUT2D eigenvalue weighted by Crippen LogP contribution is 2.48. The van der Waals surface area contributed by atoms with Crippen LogP contribution in [-0.4, -0.2) is 4.98 Å². The van der Waals surface area contributed by atoms with Crippen molar-refractivity contribution in [1.29, 1.82) is 0 Å². The molecule has 1 N–H and O–H groups in total. The Morgan fingerprint density at radius 3 is 2.65 bits per heavy atom. The molecule has 3 aromatic rings. The first-order valence-corrected chi connectivity index (χ1v) is 8.28. The van der Waals surface area contributed by atoms with Crippen LogP contribution in [0.4, 0.5) is 0 Å². The topological polar surface area (TPSA) is 15.8 Å². The highest BCUT2D eigenvalue weighted by atomic mass is 14.7. The highest BCUT2D eigenvalue weighted by Gasteiger charge is 2.36. The molecule has 0 saturated heterocycles. The summed E-state index contributed by atoms with van der Waals surface area (Å²) < 4.78 is 0. The summed E-state index contributed by atoms with van der Waals surface area (Å²) in [4.78, 5) is 3.58. The van der Waals surface area contributed by atoms with Crippen molar-refractivity contribution >= 4 is 28.6 Å². The van der Waals surface area contributed by atoms with E-state index in [1.165, 1.54) is 43.7 Å². The van der Waals surface area contributed by atoms with Gasteiger partial charge in [-0.15, -0.1) is 0 Å². The Bertz CT molecular complexity index is 1110. The molecule has 0 radical (unpaired) electrons. The summed E-state index contributed by atoms with van der Waals surface area (Å²) in [5.41, 5.74) is 7.15. The number of rotatable bonds is 0. The number of benzene rings is 2. The Morgan fingerprint density at radius 2 is 1.74 bits per heavy atom. The van der Waals surface area contributed by atoms with Gasteiger partial charge in [0.05, 0.1) is 0 Å². The lowest BCUT2D eigenvalue weighted by atomic mass is 9.80. The van der Waals surface area contributed by atoms with Gasteiger partial charge in [0, 0.05) is 26.9 Å². The van der Waals surface area contributed by atoms with Gasteiger partial charge in [-0.1, -0.05) is 62.4 Å². The molecular formula is C22H19N. The van der Waals surface area contributed by atoms with E-state index in [9.17, 15) is 0 Å². The van der Waals surface area contributed by atoms with Gasteiger partial charge in [-0.05, 0) is 40.8 Å². The third-order valence-electron chi connectivity index (χ3n) is 5.55. The monoisotopic (exact) mass is 297 g/mol. The quantitative estimate of drug-likeness (QED) is 0.648. The zero-order valence-electron chi connectivity index (χ0n) is 13.5. The van der Waals surface area contributed by atoms with Gasteiger partial charge in [0.15, 0.2) is 0 Å². The van der Waals surface area contributed by atoms with Crippen molar-refractivity contribution in [2.75, 3.05) is 0 Å². The number of aromatic nitrogens is 1. The van der Waals surface area contributed by atoms with Crippen LogP contribution in [0.5, 0.6) is 0 Å². The van der Waals surface area contributed by atoms with Crippen LogP contribution in [0.15, 0.2) is 54.1 Å². The van der Waals surface area contributed by atoms with Crippen LogP contribution in [0.1, 0.15) is 31.4 Å². The van der Waals surface area contributed by atoms with Gasteiger partial charge in [-0.2, -0.15) is 0 Å². The van der Waals surface area contributed by atoms with Crippen LogP contribution < -0.4 is 10.6 Å². The smallest absolute Gasteiger partial charge is 0.0464 e. The van der Waals surface area contributed by atoms with E-state index in [0.29, 0.717) is 0 Å². The normalized spacial score (nSPS) is 17.8. The molecule has 0 amide bonds. The number of aromatic amines is 1. The lowest BCUT2D eigenvalue weighted by Crippen LogP contribution is -2.22. The number of hydrogen-bond acceptors (Lipinski definition) is 0. The number of para-hydroxylation sites is 1. The molecule has 2 aliphatic carbocycles. The summed E-state index contributed by atoms with van der Waals surface area (Å²) in [5.74, 6) is 0. The van der Waals surface area contributed by atoms with Crippen molar-refractivity contribution in [1.82, 2.24) is 4.98 Å². The predicted molar refractivity (Wildman–Crippen MR) is 97.5 cm³/mol. The minimum Gasteiger partial charge on any atom is -0.355 e. The van der Waals surface area contributed by atoms with E-state index in [2.05, 4.69) is 79.5 Å². The van der Waals surface area contributed by atoms with Gasteiger partial charge in [0.25, 0.3) is 0 Å². The Morgan fingerprint density at radius 1 is 0.957 bits per heavy atom. The molecule has 0 atom stereocenters. The fourth-order valence-electron chi connectivity index (χ4n) is 4.30. The van der Waals surface area contributed by atoms with Crippen LogP contribution in [-0.2, 0) is 5.41 Å². The molecule has 112 valence electrons. The van der Waals surface area contributed by atoms with E-state index < -0.39 is 0 Å². The van der Waals surface area contributed by atoms with E-state index in [1.807, 2.05) is 0 Å². The molecule has 1 heterocycles. The van der Waals surface area contributed by atoms with Gasteiger partial charge in [-0.3, -0.25) is 0 Å². The largest absolute Gasteiger partial charge is 0.355 e. The zero-order chi connectivity index (χ0) is 15.6. The standard InChI is InChI=1S/C22H19N/c1-22(2)18-9-5-3-7-14(18)16-13-17-15-8-4-6-10-20(15)23-21(17)12-11-19(16)22/h3-10,12-13,23H,11H2,1-2H3. The molecule has 2 aromatic carbocycles. The minimum atomic E-state index is 0.109. The summed E-state index contributed by atoms with van der Waals surface area (Å²) in [6, 6.07) is 17.5. The molecule has 1 heteroatoms. The number of nitrogens with one attached hydrogen (secondary N) is 1. The molecule has 5 rings (SSSR count). The number of allylic oxidation sites excluding steroid dienone is 2. The Labute approximate surface area is 135 Å². The summed E-state index contributed by atoms with van der Waals surface area (Å²) in [6.45, 7) is 4.71.